The van der Waals surface area contributed by atoms with E-state index in [2.05, 4.69) is 15.4 Å². The van der Waals surface area contributed by atoms with Gasteiger partial charge in [0, 0.05) is 38.2 Å². The molecular weight excluding hydrogens is 224 g/mol. The van der Waals surface area contributed by atoms with Crippen LogP contribution in [0.25, 0.3) is 0 Å². The molecule has 0 radical (unpaired) electrons. The molecule has 0 aliphatic heterocycles. The molecule has 0 aliphatic carbocycles. The van der Waals surface area contributed by atoms with Gasteiger partial charge in [-0.1, -0.05) is 0 Å². The maximum absolute atomic E-state index is 8.63. The summed E-state index contributed by atoms with van der Waals surface area (Å²) >= 11 is 1.36. The van der Waals surface area contributed by atoms with Crippen LogP contribution in [0.2, 0.25) is 0 Å². The number of hydrogen-bond donors (Lipinski definition) is 0. The van der Waals surface area contributed by atoms with E-state index in [-0.39, 0.29) is 6.04 Å². The van der Waals surface area contributed by atoms with Crippen LogP contribution in [0.1, 0.15) is 19.2 Å². The third kappa shape index (κ3) is 3.43. The summed E-state index contributed by atoms with van der Waals surface area (Å²) in [5, 5.41) is 9.48. The number of nitriles is 1. The van der Waals surface area contributed by atoms with Gasteiger partial charge in [0.25, 0.3) is 0 Å². The van der Waals surface area contributed by atoms with Gasteiger partial charge in [-0.25, -0.2) is 4.98 Å². The van der Waals surface area contributed by atoms with Crippen LogP contribution < -0.4 is 4.90 Å². The van der Waals surface area contributed by atoms with Crippen LogP contribution in [0.5, 0.6) is 0 Å². The van der Waals surface area contributed by atoms with Crippen molar-refractivity contribution in [2.24, 2.45) is 0 Å². The van der Waals surface area contributed by atoms with Gasteiger partial charge >= 0.3 is 0 Å². The summed E-state index contributed by atoms with van der Waals surface area (Å²) in [7, 11) is 3.59. The first kappa shape index (κ1) is 12.9. The summed E-state index contributed by atoms with van der Waals surface area (Å²) in [6.45, 7) is 2.63. The molecule has 5 nitrogen and oxygen atoms in total. The largest absolute Gasteiger partial charge is 0.384 e. The van der Waals surface area contributed by atoms with Crippen LogP contribution in [0, 0.1) is 11.3 Å². The Bertz CT molecular complexity index is 360. The van der Waals surface area contributed by atoms with Crippen LogP contribution in [0.3, 0.4) is 0 Å². The van der Waals surface area contributed by atoms with Crippen LogP contribution in [-0.4, -0.2) is 36.2 Å². The van der Waals surface area contributed by atoms with Crippen molar-refractivity contribution >= 4 is 16.7 Å². The topological polar surface area (TPSA) is 62.0 Å². The minimum Gasteiger partial charge on any atom is -0.384 e. The van der Waals surface area contributed by atoms with Gasteiger partial charge in [-0.15, -0.1) is 0 Å². The molecule has 0 spiro atoms. The quantitative estimate of drug-likeness (QED) is 0.753. The zero-order valence-corrected chi connectivity index (χ0v) is 10.6. The molecule has 1 unspecified atom stereocenters. The zero-order valence-electron chi connectivity index (χ0n) is 9.80. The van der Waals surface area contributed by atoms with Gasteiger partial charge in [-0.3, -0.25) is 0 Å². The van der Waals surface area contributed by atoms with Crippen molar-refractivity contribution in [2.75, 3.05) is 25.7 Å². The summed E-state index contributed by atoms with van der Waals surface area (Å²) in [5.41, 5.74) is 0. The molecule has 16 heavy (non-hydrogen) atoms. The molecular formula is C10H16N4OS. The molecule has 0 bridgehead atoms. The fourth-order valence-electron chi connectivity index (χ4n) is 1.14. The lowest BCUT2D eigenvalue weighted by atomic mass is 10.2. The van der Waals surface area contributed by atoms with Crippen molar-refractivity contribution in [1.82, 2.24) is 9.36 Å². The van der Waals surface area contributed by atoms with E-state index >= 15 is 0 Å². The number of hydrogen-bond acceptors (Lipinski definition) is 6. The Hall–Kier alpha value is -1.19. The first-order chi connectivity index (χ1) is 7.69. The molecule has 6 heteroatoms. The molecule has 0 aliphatic rings. The molecule has 1 heterocycles. The average molecular weight is 240 g/mol. The van der Waals surface area contributed by atoms with Crippen LogP contribution >= 0.6 is 11.5 Å². The lowest BCUT2D eigenvalue weighted by molar-refractivity contribution is 0.201. The number of rotatable bonds is 6. The summed E-state index contributed by atoms with van der Waals surface area (Å²) < 4.78 is 9.21. The van der Waals surface area contributed by atoms with Crippen molar-refractivity contribution in [3.63, 3.8) is 0 Å². The number of ether oxygens (including phenoxy) is 1. The van der Waals surface area contributed by atoms with E-state index in [0.717, 1.165) is 17.4 Å². The summed E-state index contributed by atoms with van der Waals surface area (Å²) in [4.78, 5) is 6.38. The van der Waals surface area contributed by atoms with E-state index in [1.807, 2.05) is 18.9 Å². The predicted octanol–water partition coefficient (Wildman–Crippen LogP) is 1.47. The van der Waals surface area contributed by atoms with E-state index in [4.69, 9.17) is 10.00 Å². The molecule has 0 fully saturated rings. The molecule has 1 rings (SSSR count). The Labute approximate surface area is 99.8 Å². The number of aromatic nitrogens is 2. The number of nitrogens with zero attached hydrogens (tertiary/aromatic N) is 4. The molecule has 0 saturated heterocycles. The number of anilines is 1. The third-order valence-electron chi connectivity index (χ3n) is 2.34. The van der Waals surface area contributed by atoms with E-state index in [9.17, 15) is 0 Å². The monoisotopic (exact) mass is 240 g/mol. The normalized spacial score (nSPS) is 12.1. The second kappa shape index (κ2) is 6.40. The van der Waals surface area contributed by atoms with Gasteiger partial charge in [0.2, 0.25) is 5.13 Å². The Morgan fingerprint density at radius 2 is 2.38 bits per heavy atom. The first-order valence-corrected chi connectivity index (χ1v) is 5.87. The van der Waals surface area contributed by atoms with Crippen LogP contribution in [0.4, 0.5) is 5.13 Å². The van der Waals surface area contributed by atoms with Crippen LogP contribution in [0.15, 0.2) is 0 Å². The highest BCUT2D eigenvalue weighted by atomic mass is 32.1. The Morgan fingerprint density at radius 1 is 1.62 bits per heavy atom. The first-order valence-electron chi connectivity index (χ1n) is 5.10. The fraction of sp³-hybridized carbons (Fsp3) is 0.700. The van der Waals surface area contributed by atoms with Gasteiger partial charge < -0.3 is 9.64 Å². The number of methoxy groups -OCH3 is 1. The van der Waals surface area contributed by atoms with Gasteiger partial charge in [-0.05, 0) is 6.92 Å². The lowest BCUT2D eigenvalue weighted by Gasteiger charge is -2.21. The molecule has 0 N–H and O–H groups in total. The lowest BCUT2D eigenvalue weighted by Crippen LogP contribution is -2.28. The van der Waals surface area contributed by atoms with Crippen molar-refractivity contribution in [2.45, 2.75) is 25.8 Å². The third-order valence-corrected chi connectivity index (χ3v) is 3.18. The molecule has 0 aromatic carbocycles. The predicted molar refractivity (Wildman–Crippen MR) is 63.6 cm³/mol. The molecule has 88 valence electrons. The highest BCUT2D eigenvalue weighted by Crippen LogP contribution is 2.19. The van der Waals surface area contributed by atoms with E-state index in [1.54, 1.807) is 7.11 Å². The summed E-state index contributed by atoms with van der Waals surface area (Å²) in [5.74, 6) is 0.804. The molecule has 0 saturated carbocycles. The smallest absolute Gasteiger partial charge is 0.205 e. The van der Waals surface area contributed by atoms with E-state index in [0.29, 0.717) is 13.0 Å². The van der Waals surface area contributed by atoms with Crippen molar-refractivity contribution < 1.29 is 4.74 Å². The Morgan fingerprint density at radius 3 is 3.00 bits per heavy atom. The second-order valence-electron chi connectivity index (χ2n) is 3.56. The van der Waals surface area contributed by atoms with Crippen molar-refractivity contribution in [3.8, 4) is 6.07 Å². The Kier molecular flexibility index (Phi) is 5.15. The van der Waals surface area contributed by atoms with Crippen LogP contribution in [-0.2, 0) is 11.2 Å². The van der Waals surface area contributed by atoms with Gasteiger partial charge in [0.15, 0.2) is 0 Å². The maximum Gasteiger partial charge on any atom is 0.205 e. The van der Waals surface area contributed by atoms with E-state index < -0.39 is 0 Å². The summed E-state index contributed by atoms with van der Waals surface area (Å²) in [6, 6.07) is 2.31. The molecule has 0 amide bonds. The van der Waals surface area contributed by atoms with E-state index in [1.165, 1.54) is 11.5 Å². The van der Waals surface area contributed by atoms with Crippen molar-refractivity contribution in [3.05, 3.63) is 5.82 Å². The zero-order chi connectivity index (χ0) is 12.0. The van der Waals surface area contributed by atoms with Gasteiger partial charge in [0.05, 0.1) is 19.1 Å². The standard InChI is InChI=1S/C10H16N4OS/c1-8(4-6-11)14(2)10-12-9(13-16-10)5-7-15-3/h8H,4-5,7H2,1-3H3. The fourth-order valence-corrected chi connectivity index (χ4v) is 1.91. The Balaban J connectivity index is 2.59. The minimum atomic E-state index is 0.160. The molecule has 1 aromatic rings. The SMILES string of the molecule is COCCc1nsc(N(C)C(C)CC#N)n1. The van der Waals surface area contributed by atoms with Gasteiger partial charge in [-0.2, -0.15) is 9.64 Å². The average Bonchev–Trinajstić information content (AvgIpc) is 2.74. The summed E-state index contributed by atoms with van der Waals surface area (Å²) in [6.07, 6.45) is 1.22. The second-order valence-corrected chi connectivity index (χ2v) is 4.29. The van der Waals surface area contributed by atoms with Gasteiger partial charge in [0.1, 0.15) is 5.82 Å². The van der Waals surface area contributed by atoms with Crippen molar-refractivity contribution in [1.29, 1.82) is 5.26 Å². The molecule has 1 aromatic heterocycles. The highest BCUT2D eigenvalue weighted by molar-refractivity contribution is 7.09. The highest BCUT2D eigenvalue weighted by Gasteiger charge is 2.14. The minimum absolute atomic E-state index is 0.160. The maximum atomic E-state index is 8.63. The molecule has 1 atom stereocenters.